The van der Waals surface area contributed by atoms with E-state index in [-0.39, 0.29) is 5.91 Å². The van der Waals surface area contributed by atoms with Crippen LogP contribution in [0.1, 0.15) is 27.0 Å². The van der Waals surface area contributed by atoms with Crippen molar-refractivity contribution in [2.75, 3.05) is 5.32 Å². The third-order valence-corrected chi connectivity index (χ3v) is 5.23. The second-order valence-corrected chi connectivity index (χ2v) is 7.09. The Kier molecular flexibility index (Phi) is 4.66. The van der Waals surface area contributed by atoms with Crippen LogP contribution in [0.5, 0.6) is 0 Å². The van der Waals surface area contributed by atoms with E-state index in [0.29, 0.717) is 5.56 Å². The van der Waals surface area contributed by atoms with Gasteiger partial charge >= 0.3 is 0 Å². The lowest BCUT2D eigenvalue weighted by molar-refractivity contribution is 0.102. The first-order valence-electron chi connectivity index (χ1n) is 9.38. The molecule has 4 rings (SSSR count). The van der Waals surface area contributed by atoms with Gasteiger partial charge in [-0.05, 0) is 55.7 Å². The molecule has 0 saturated carbocycles. The summed E-state index contributed by atoms with van der Waals surface area (Å²) in [5, 5.41) is 3.94. The third-order valence-electron chi connectivity index (χ3n) is 5.23. The number of nitrogens with zero attached hydrogens (tertiary/aromatic N) is 1. The van der Waals surface area contributed by atoms with Crippen LogP contribution in [-0.4, -0.2) is 10.9 Å². The molecule has 1 amide bonds. The first-order chi connectivity index (χ1) is 13.5. The van der Waals surface area contributed by atoms with E-state index in [4.69, 9.17) is 4.98 Å². The number of aryl methyl sites for hydroxylation is 2. The number of carbonyl (C=O) groups is 1. The van der Waals surface area contributed by atoms with Crippen LogP contribution in [0.4, 0.5) is 5.69 Å². The Balaban J connectivity index is 1.84. The summed E-state index contributed by atoms with van der Waals surface area (Å²) in [5.41, 5.74) is 7.48. The maximum absolute atomic E-state index is 13.2. The highest BCUT2D eigenvalue weighted by atomic mass is 16.1. The van der Waals surface area contributed by atoms with E-state index in [0.717, 1.165) is 44.5 Å². The van der Waals surface area contributed by atoms with Crippen LogP contribution in [0.3, 0.4) is 0 Å². The van der Waals surface area contributed by atoms with Crippen LogP contribution in [-0.2, 0) is 0 Å². The summed E-state index contributed by atoms with van der Waals surface area (Å²) in [5.74, 6) is -0.123. The second-order valence-electron chi connectivity index (χ2n) is 7.09. The average Bonchev–Trinajstić information content (AvgIpc) is 2.71. The van der Waals surface area contributed by atoms with Crippen molar-refractivity contribution in [2.45, 2.75) is 20.8 Å². The molecule has 1 heterocycles. The fourth-order valence-corrected chi connectivity index (χ4v) is 3.44. The van der Waals surface area contributed by atoms with Gasteiger partial charge in [0.25, 0.3) is 5.91 Å². The molecular formula is C25H22N2O. The number of rotatable bonds is 3. The van der Waals surface area contributed by atoms with Gasteiger partial charge in [0.05, 0.1) is 16.8 Å². The van der Waals surface area contributed by atoms with Crippen LogP contribution in [0.25, 0.3) is 22.2 Å². The predicted octanol–water partition coefficient (Wildman–Crippen LogP) is 6.08. The van der Waals surface area contributed by atoms with Gasteiger partial charge in [-0.2, -0.15) is 0 Å². The average molecular weight is 366 g/mol. The lowest BCUT2D eigenvalue weighted by atomic mass is 10.0. The van der Waals surface area contributed by atoms with Gasteiger partial charge < -0.3 is 5.32 Å². The molecule has 28 heavy (non-hydrogen) atoms. The molecule has 3 aromatic carbocycles. The Morgan fingerprint density at radius 1 is 0.821 bits per heavy atom. The molecule has 0 saturated heterocycles. The van der Waals surface area contributed by atoms with Crippen molar-refractivity contribution < 1.29 is 4.79 Å². The summed E-state index contributed by atoms with van der Waals surface area (Å²) in [7, 11) is 0. The highest BCUT2D eigenvalue weighted by Gasteiger charge is 2.15. The molecule has 0 aliphatic rings. The number of hydrogen-bond acceptors (Lipinski definition) is 2. The maximum Gasteiger partial charge on any atom is 0.256 e. The molecular weight excluding hydrogens is 344 g/mol. The van der Waals surface area contributed by atoms with Crippen molar-refractivity contribution in [3.63, 3.8) is 0 Å². The number of fused-ring (bicyclic) bond motifs is 1. The third kappa shape index (κ3) is 3.27. The van der Waals surface area contributed by atoms with E-state index in [1.54, 1.807) is 0 Å². The lowest BCUT2D eigenvalue weighted by Gasteiger charge is -2.13. The first kappa shape index (κ1) is 17.9. The second kappa shape index (κ2) is 7.28. The van der Waals surface area contributed by atoms with Crippen molar-refractivity contribution in [1.82, 2.24) is 4.98 Å². The molecule has 0 unspecified atom stereocenters. The molecule has 0 fully saturated rings. The summed E-state index contributed by atoms with van der Waals surface area (Å²) >= 11 is 0. The van der Waals surface area contributed by atoms with Crippen LogP contribution < -0.4 is 5.32 Å². The molecule has 0 atom stereocenters. The quantitative estimate of drug-likeness (QED) is 0.477. The number of hydrogen-bond donors (Lipinski definition) is 1. The fourth-order valence-electron chi connectivity index (χ4n) is 3.44. The minimum atomic E-state index is -0.123. The summed E-state index contributed by atoms with van der Waals surface area (Å²) < 4.78 is 0. The highest BCUT2D eigenvalue weighted by Crippen LogP contribution is 2.28. The predicted molar refractivity (Wildman–Crippen MR) is 116 cm³/mol. The van der Waals surface area contributed by atoms with Gasteiger partial charge in [0.2, 0.25) is 0 Å². The Morgan fingerprint density at radius 2 is 1.54 bits per heavy atom. The van der Waals surface area contributed by atoms with Crippen molar-refractivity contribution in [3.8, 4) is 11.3 Å². The van der Waals surface area contributed by atoms with Crippen molar-refractivity contribution in [1.29, 1.82) is 0 Å². The monoisotopic (exact) mass is 366 g/mol. The zero-order valence-corrected chi connectivity index (χ0v) is 16.3. The summed E-state index contributed by atoms with van der Waals surface area (Å²) in [4.78, 5) is 18.0. The summed E-state index contributed by atoms with van der Waals surface area (Å²) in [6, 6.07) is 23.7. The SMILES string of the molecule is Cc1ccccc1-c1cc(C(=O)Nc2cccc(C)c2C)c2ccccc2n1. The molecule has 4 aromatic rings. The number of nitrogens with one attached hydrogen (secondary N) is 1. The largest absolute Gasteiger partial charge is 0.322 e. The van der Waals surface area contributed by atoms with Crippen LogP contribution in [0.15, 0.2) is 72.8 Å². The smallest absolute Gasteiger partial charge is 0.256 e. The molecule has 3 heteroatoms. The Labute approximate surface area is 165 Å². The molecule has 3 nitrogen and oxygen atoms in total. The van der Waals surface area contributed by atoms with Gasteiger partial charge in [0.15, 0.2) is 0 Å². The fraction of sp³-hybridized carbons (Fsp3) is 0.120. The molecule has 0 aliphatic heterocycles. The minimum absolute atomic E-state index is 0.123. The molecule has 1 N–H and O–H groups in total. The molecule has 138 valence electrons. The highest BCUT2D eigenvalue weighted by molar-refractivity contribution is 6.13. The van der Waals surface area contributed by atoms with E-state index >= 15 is 0 Å². The molecule has 1 aromatic heterocycles. The molecule has 0 radical (unpaired) electrons. The van der Waals surface area contributed by atoms with Crippen LogP contribution in [0.2, 0.25) is 0 Å². The van der Waals surface area contributed by atoms with E-state index in [1.165, 1.54) is 0 Å². The lowest BCUT2D eigenvalue weighted by Crippen LogP contribution is -2.14. The molecule has 0 aliphatic carbocycles. The zero-order chi connectivity index (χ0) is 19.7. The number of anilines is 1. The standard InChI is InChI=1S/C25H22N2O/c1-16-10-8-14-22(18(16)3)27-25(28)21-15-24(19-11-5-4-9-17(19)2)26-23-13-7-6-12-20(21)23/h4-15H,1-3H3,(H,27,28). The van der Waals surface area contributed by atoms with Gasteiger partial charge in [-0.1, -0.05) is 54.6 Å². The van der Waals surface area contributed by atoms with Crippen molar-refractivity contribution >= 4 is 22.5 Å². The maximum atomic E-state index is 13.2. The number of amides is 1. The van der Waals surface area contributed by atoms with Gasteiger partial charge in [-0.3, -0.25) is 4.79 Å². The molecule has 0 bridgehead atoms. The van der Waals surface area contributed by atoms with Crippen molar-refractivity contribution in [3.05, 3.63) is 95.1 Å². The zero-order valence-electron chi connectivity index (χ0n) is 16.3. The Hall–Kier alpha value is -3.46. The van der Waals surface area contributed by atoms with E-state index in [1.807, 2.05) is 80.6 Å². The number of aromatic nitrogens is 1. The van der Waals surface area contributed by atoms with Crippen LogP contribution in [0, 0.1) is 20.8 Å². The topological polar surface area (TPSA) is 42.0 Å². The van der Waals surface area contributed by atoms with E-state index in [2.05, 4.69) is 18.3 Å². The van der Waals surface area contributed by atoms with E-state index < -0.39 is 0 Å². The van der Waals surface area contributed by atoms with Gasteiger partial charge in [0, 0.05) is 16.6 Å². The van der Waals surface area contributed by atoms with Gasteiger partial charge in [-0.25, -0.2) is 4.98 Å². The van der Waals surface area contributed by atoms with E-state index in [9.17, 15) is 4.79 Å². The van der Waals surface area contributed by atoms with Crippen molar-refractivity contribution in [2.24, 2.45) is 0 Å². The summed E-state index contributed by atoms with van der Waals surface area (Å²) in [6.45, 7) is 6.12. The number of pyridine rings is 1. The molecule has 0 spiro atoms. The minimum Gasteiger partial charge on any atom is -0.322 e. The number of carbonyl (C=O) groups excluding carboxylic acids is 1. The normalized spacial score (nSPS) is 10.8. The summed E-state index contributed by atoms with van der Waals surface area (Å²) in [6.07, 6.45) is 0. The van der Waals surface area contributed by atoms with Gasteiger partial charge in [-0.15, -0.1) is 0 Å². The number of para-hydroxylation sites is 1. The first-order valence-corrected chi connectivity index (χ1v) is 9.38. The van der Waals surface area contributed by atoms with Gasteiger partial charge in [0.1, 0.15) is 0 Å². The Bertz CT molecular complexity index is 1190. The Morgan fingerprint density at radius 3 is 2.36 bits per heavy atom. The van der Waals surface area contributed by atoms with Crippen LogP contribution >= 0.6 is 0 Å². The number of benzene rings is 3.